The van der Waals surface area contributed by atoms with E-state index in [1.807, 2.05) is 49.4 Å². The van der Waals surface area contributed by atoms with Crippen LogP contribution in [0.2, 0.25) is 10.0 Å². The van der Waals surface area contributed by atoms with Gasteiger partial charge in [-0.25, -0.2) is 8.42 Å². The molecule has 1 aliphatic rings. The second-order valence-corrected chi connectivity index (χ2v) is 14.5. The van der Waals surface area contributed by atoms with E-state index in [0.717, 1.165) is 49.7 Å². The van der Waals surface area contributed by atoms with Crippen LogP contribution in [0.3, 0.4) is 0 Å². The maximum absolute atomic E-state index is 14.1. The molecule has 0 spiro atoms. The van der Waals surface area contributed by atoms with Crippen molar-refractivity contribution in [1.29, 1.82) is 0 Å². The summed E-state index contributed by atoms with van der Waals surface area (Å²) in [5.74, 6) is -0.489. The van der Waals surface area contributed by atoms with E-state index in [2.05, 4.69) is 5.32 Å². The van der Waals surface area contributed by atoms with Gasteiger partial charge in [-0.2, -0.15) is 0 Å². The molecule has 3 aromatic rings. The Morgan fingerprint density at radius 2 is 1.53 bits per heavy atom. The summed E-state index contributed by atoms with van der Waals surface area (Å²) in [5.41, 5.74) is 3.14. The number of carbonyl (C=O) groups excluding carboxylic acids is 2. The first-order chi connectivity index (χ1) is 21.6. The number of nitrogens with zero attached hydrogens (tertiary/aromatic N) is 2. The van der Waals surface area contributed by atoms with Crippen LogP contribution in [0.5, 0.6) is 0 Å². The molecule has 0 aromatic heterocycles. The molecule has 7 nitrogen and oxygen atoms in total. The molecule has 1 fully saturated rings. The first-order valence-corrected chi connectivity index (χ1v) is 18.3. The predicted molar refractivity (Wildman–Crippen MR) is 183 cm³/mol. The molecule has 0 radical (unpaired) electrons. The first kappa shape index (κ1) is 34.8. The van der Waals surface area contributed by atoms with Crippen LogP contribution < -0.4 is 9.62 Å². The Kier molecular flexibility index (Phi) is 12.7. The van der Waals surface area contributed by atoms with Gasteiger partial charge in [0.05, 0.1) is 11.9 Å². The highest BCUT2D eigenvalue weighted by Gasteiger charge is 2.33. The molecule has 1 saturated carbocycles. The first-order valence-electron chi connectivity index (χ1n) is 15.7. The molecular weight excluding hydrogens is 629 g/mol. The van der Waals surface area contributed by atoms with Gasteiger partial charge >= 0.3 is 0 Å². The molecule has 0 bridgehead atoms. The monoisotopic (exact) mass is 671 g/mol. The fraction of sp³-hybridized carbons (Fsp3) is 0.429. The highest BCUT2D eigenvalue weighted by Crippen LogP contribution is 2.28. The molecule has 0 saturated heterocycles. The van der Waals surface area contributed by atoms with Crippen molar-refractivity contribution in [2.75, 3.05) is 17.1 Å². The lowest BCUT2D eigenvalue weighted by Crippen LogP contribution is -2.53. The van der Waals surface area contributed by atoms with E-state index in [4.69, 9.17) is 23.2 Å². The van der Waals surface area contributed by atoms with Crippen LogP contribution in [0.4, 0.5) is 5.69 Å². The highest BCUT2D eigenvalue weighted by molar-refractivity contribution is 7.92. The zero-order chi connectivity index (χ0) is 32.4. The molecule has 0 unspecified atom stereocenters. The predicted octanol–water partition coefficient (Wildman–Crippen LogP) is 7.19. The number of carbonyl (C=O) groups is 2. The van der Waals surface area contributed by atoms with Crippen LogP contribution in [0.15, 0.2) is 72.8 Å². The minimum atomic E-state index is -3.59. The third-order valence-electron chi connectivity index (χ3n) is 8.40. The number of aryl methyl sites for hydroxylation is 1. The second kappa shape index (κ2) is 16.5. The van der Waals surface area contributed by atoms with E-state index in [0.29, 0.717) is 27.7 Å². The fourth-order valence-electron chi connectivity index (χ4n) is 5.85. The third kappa shape index (κ3) is 9.96. The lowest BCUT2D eigenvalue weighted by atomic mass is 9.94. The maximum atomic E-state index is 14.1. The average molecular weight is 673 g/mol. The summed E-state index contributed by atoms with van der Waals surface area (Å²) >= 11 is 13.1. The van der Waals surface area contributed by atoms with Gasteiger partial charge in [-0.15, -0.1) is 0 Å². The number of hydrogen-bond acceptors (Lipinski definition) is 4. The van der Waals surface area contributed by atoms with Gasteiger partial charge < -0.3 is 10.2 Å². The lowest BCUT2D eigenvalue weighted by molar-refractivity contribution is -0.141. The minimum absolute atomic E-state index is 0.0309. The molecule has 45 heavy (non-hydrogen) atoms. The Bertz CT molecular complexity index is 1510. The standard InChI is InChI=1S/C35H43Cl2N3O4S/c1-3-26-19-21-29(22-20-26)40(45(2,43)44)23-11-18-34(41)39(25-30-31(36)16-10-17-32(30)37)33(24-27-12-6-4-7-13-27)35(42)38-28-14-8-5-9-15-28/h4,6-7,10,12-13,16-17,19-22,28,33H,3,5,8-9,11,14-15,18,23-25H2,1-2H3,(H,38,42)/t33-/m1/s1. The summed E-state index contributed by atoms with van der Waals surface area (Å²) in [7, 11) is -3.59. The van der Waals surface area contributed by atoms with Crippen LogP contribution in [-0.2, 0) is 39.0 Å². The largest absolute Gasteiger partial charge is 0.352 e. The SMILES string of the molecule is CCc1ccc(N(CCCC(=O)N(Cc2c(Cl)cccc2Cl)[C@H](Cc2ccccc2)C(=O)NC2CCCCC2)S(C)(=O)=O)cc1. The van der Waals surface area contributed by atoms with Crippen molar-refractivity contribution in [3.05, 3.63) is 99.5 Å². The molecule has 242 valence electrons. The zero-order valence-corrected chi connectivity index (χ0v) is 28.4. The van der Waals surface area contributed by atoms with Crippen LogP contribution in [0, 0.1) is 0 Å². The summed E-state index contributed by atoms with van der Waals surface area (Å²) in [6.45, 7) is 2.20. The number of nitrogens with one attached hydrogen (secondary N) is 1. The summed E-state index contributed by atoms with van der Waals surface area (Å²) < 4.78 is 26.8. The fourth-order valence-corrected chi connectivity index (χ4v) is 7.34. The summed E-state index contributed by atoms with van der Waals surface area (Å²) in [6.07, 6.45) is 7.71. The number of benzene rings is 3. The number of amides is 2. The molecule has 1 N–H and O–H groups in total. The summed E-state index contributed by atoms with van der Waals surface area (Å²) in [4.78, 5) is 29.7. The zero-order valence-electron chi connectivity index (χ0n) is 26.1. The third-order valence-corrected chi connectivity index (χ3v) is 10.3. The van der Waals surface area contributed by atoms with E-state index < -0.39 is 16.1 Å². The van der Waals surface area contributed by atoms with Crippen LogP contribution in [-0.4, -0.2) is 50.0 Å². The number of halogens is 2. The average Bonchev–Trinajstić information content (AvgIpc) is 3.02. The second-order valence-electron chi connectivity index (χ2n) is 11.7. The summed E-state index contributed by atoms with van der Waals surface area (Å²) in [5, 5.41) is 4.04. The molecule has 2 amide bonds. The van der Waals surface area contributed by atoms with Gasteiger partial charge in [0.15, 0.2) is 0 Å². The molecule has 10 heteroatoms. The smallest absolute Gasteiger partial charge is 0.243 e. The molecular formula is C35H43Cl2N3O4S. The molecule has 3 aromatic carbocycles. The quantitative estimate of drug-likeness (QED) is 0.197. The van der Waals surface area contributed by atoms with Crippen molar-refractivity contribution >= 4 is 50.7 Å². The van der Waals surface area contributed by atoms with Crippen molar-refractivity contribution in [1.82, 2.24) is 10.2 Å². The van der Waals surface area contributed by atoms with Crippen LogP contribution in [0.25, 0.3) is 0 Å². The lowest BCUT2D eigenvalue weighted by Gasteiger charge is -2.34. The molecule has 1 atom stereocenters. The van der Waals surface area contributed by atoms with E-state index in [1.165, 1.54) is 10.6 Å². The molecule has 1 aliphatic carbocycles. The number of hydrogen-bond donors (Lipinski definition) is 1. The van der Waals surface area contributed by atoms with Gasteiger partial charge in [-0.3, -0.25) is 13.9 Å². The van der Waals surface area contributed by atoms with E-state index in [9.17, 15) is 18.0 Å². The van der Waals surface area contributed by atoms with Gasteiger partial charge in [0.2, 0.25) is 21.8 Å². The Morgan fingerprint density at radius 1 is 0.889 bits per heavy atom. The molecule has 0 heterocycles. The normalized spacial score (nSPS) is 14.5. The van der Waals surface area contributed by atoms with Crippen LogP contribution >= 0.6 is 23.2 Å². The van der Waals surface area contributed by atoms with Crippen LogP contribution in [0.1, 0.15) is 68.6 Å². The number of anilines is 1. The van der Waals surface area contributed by atoms with E-state index in [-0.39, 0.29) is 43.8 Å². The van der Waals surface area contributed by atoms with Crippen molar-refractivity contribution in [3.63, 3.8) is 0 Å². The Labute approximate surface area is 278 Å². The molecule has 4 rings (SSSR count). The van der Waals surface area contributed by atoms with Gasteiger partial charge in [-0.1, -0.05) is 97.9 Å². The van der Waals surface area contributed by atoms with Crippen molar-refractivity contribution < 1.29 is 18.0 Å². The van der Waals surface area contributed by atoms with Crippen molar-refractivity contribution in [2.45, 2.75) is 83.3 Å². The van der Waals surface area contributed by atoms with E-state index >= 15 is 0 Å². The maximum Gasteiger partial charge on any atom is 0.243 e. The van der Waals surface area contributed by atoms with Gasteiger partial charge in [0.25, 0.3) is 0 Å². The van der Waals surface area contributed by atoms with Gasteiger partial charge in [0, 0.05) is 47.6 Å². The van der Waals surface area contributed by atoms with E-state index in [1.54, 1.807) is 35.2 Å². The van der Waals surface area contributed by atoms with Crippen molar-refractivity contribution in [2.24, 2.45) is 0 Å². The van der Waals surface area contributed by atoms with Gasteiger partial charge in [-0.05, 0) is 61.1 Å². The van der Waals surface area contributed by atoms with Crippen molar-refractivity contribution in [3.8, 4) is 0 Å². The van der Waals surface area contributed by atoms with Gasteiger partial charge in [0.1, 0.15) is 6.04 Å². The highest BCUT2D eigenvalue weighted by atomic mass is 35.5. The Hall–Kier alpha value is -3.07. The number of sulfonamides is 1. The Morgan fingerprint density at radius 3 is 2.13 bits per heavy atom. The topological polar surface area (TPSA) is 86.8 Å². The summed E-state index contributed by atoms with van der Waals surface area (Å²) in [6, 6.07) is 21.4. The Balaban J connectivity index is 1.61. The minimum Gasteiger partial charge on any atom is -0.352 e. The molecule has 0 aliphatic heterocycles. The number of rotatable bonds is 14.